The summed E-state index contributed by atoms with van der Waals surface area (Å²) >= 11 is 0. The predicted molar refractivity (Wildman–Crippen MR) is 62.5 cm³/mol. The lowest BCUT2D eigenvalue weighted by Crippen LogP contribution is -2.47. The van der Waals surface area contributed by atoms with Gasteiger partial charge in [-0.3, -0.25) is 14.6 Å². The van der Waals surface area contributed by atoms with Crippen LogP contribution in [0.4, 0.5) is 0 Å². The molecular formula is C12H15N3O2. The van der Waals surface area contributed by atoms with E-state index < -0.39 is 0 Å². The van der Waals surface area contributed by atoms with E-state index in [2.05, 4.69) is 15.6 Å². The zero-order valence-corrected chi connectivity index (χ0v) is 9.69. The molecule has 1 aromatic rings. The average molecular weight is 233 g/mol. The highest BCUT2D eigenvalue weighted by Crippen LogP contribution is 2.06. The van der Waals surface area contributed by atoms with Crippen LogP contribution in [0.1, 0.15) is 28.8 Å². The minimum absolute atomic E-state index is 0.0145. The molecule has 1 fully saturated rings. The Labute approximate surface area is 99.6 Å². The maximum atomic E-state index is 11.9. The van der Waals surface area contributed by atoms with Crippen LogP contribution in [-0.4, -0.2) is 29.4 Å². The lowest BCUT2D eigenvalue weighted by molar-refractivity contribution is -0.122. The Bertz CT molecular complexity index is 435. The topological polar surface area (TPSA) is 71.1 Å². The van der Waals surface area contributed by atoms with E-state index in [0.29, 0.717) is 24.9 Å². The van der Waals surface area contributed by atoms with Gasteiger partial charge in [-0.1, -0.05) is 0 Å². The number of amides is 2. The maximum Gasteiger partial charge on any atom is 0.253 e. The fourth-order valence-corrected chi connectivity index (χ4v) is 1.80. The van der Waals surface area contributed by atoms with Crippen molar-refractivity contribution >= 4 is 11.8 Å². The Hall–Kier alpha value is -1.91. The van der Waals surface area contributed by atoms with Crippen molar-refractivity contribution in [3.63, 3.8) is 0 Å². The summed E-state index contributed by atoms with van der Waals surface area (Å²) in [4.78, 5) is 26.8. The highest BCUT2D eigenvalue weighted by atomic mass is 16.2. The highest BCUT2D eigenvalue weighted by molar-refractivity contribution is 5.94. The number of pyridine rings is 1. The van der Waals surface area contributed by atoms with Crippen molar-refractivity contribution in [2.45, 2.75) is 25.8 Å². The molecule has 5 heteroatoms. The molecule has 1 aliphatic rings. The third kappa shape index (κ3) is 3.03. The molecule has 0 aromatic carbocycles. The molecule has 0 saturated carbocycles. The van der Waals surface area contributed by atoms with Crippen LogP contribution in [0.3, 0.4) is 0 Å². The van der Waals surface area contributed by atoms with Crippen LogP contribution in [-0.2, 0) is 4.79 Å². The molecule has 17 heavy (non-hydrogen) atoms. The Morgan fingerprint density at radius 2 is 2.35 bits per heavy atom. The summed E-state index contributed by atoms with van der Waals surface area (Å²) in [6.45, 7) is 2.40. The average Bonchev–Trinajstić information content (AvgIpc) is 2.32. The number of nitrogens with zero attached hydrogens (tertiary/aromatic N) is 1. The van der Waals surface area contributed by atoms with Crippen molar-refractivity contribution in [3.8, 4) is 0 Å². The number of carbonyl (C=O) groups excluding carboxylic acids is 2. The lowest BCUT2D eigenvalue weighted by Gasteiger charge is -2.23. The van der Waals surface area contributed by atoms with E-state index in [0.717, 1.165) is 5.56 Å². The molecule has 1 saturated heterocycles. The molecule has 2 amide bonds. The molecule has 0 bridgehead atoms. The minimum Gasteiger partial charge on any atom is -0.354 e. The van der Waals surface area contributed by atoms with Crippen LogP contribution in [0, 0.1) is 6.92 Å². The molecule has 1 aromatic heterocycles. The quantitative estimate of drug-likeness (QED) is 0.776. The van der Waals surface area contributed by atoms with Crippen molar-refractivity contribution in [2.75, 3.05) is 6.54 Å². The number of carbonyl (C=O) groups is 2. The molecule has 2 heterocycles. The third-order valence-electron chi connectivity index (χ3n) is 2.74. The molecule has 1 atom stereocenters. The number of hydrogen-bond donors (Lipinski definition) is 2. The van der Waals surface area contributed by atoms with Crippen LogP contribution in [0.15, 0.2) is 18.5 Å². The van der Waals surface area contributed by atoms with E-state index in [1.165, 1.54) is 0 Å². The summed E-state index contributed by atoms with van der Waals surface area (Å²) in [5.41, 5.74) is 1.51. The summed E-state index contributed by atoms with van der Waals surface area (Å²) in [5.74, 6) is -0.0879. The van der Waals surface area contributed by atoms with E-state index >= 15 is 0 Å². The van der Waals surface area contributed by atoms with Crippen molar-refractivity contribution in [2.24, 2.45) is 0 Å². The van der Waals surface area contributed by atoms with Crippen LogP contribution < -0.4 is 10.6 Å². The molecule has 90 valence electrons. The number of piperidine rings is 1. The van der Waals surface area contributed by atoms with Gasteiger partial charge in [0.05, 0.1) is 5.56 Å². The van der Waals surface area contributed by atoms with Crippen molar-refractivity contribution < 1.29 is 9.59 Å². The molecule has 0 radical (unpaired) electrons. The molecule has 2 rings (SSSR count). The summed E-state index contributed by atoms with van der Waals surface area (Å²) in [5, 5.41) is 5.62. The molecule has 2 N–H and O–H groups in total. The standard InChI is InChI=1S/C12H15N3O2/c1-8-4-9(6-13-5-8)12(17)15-10-2-3-11(16)14-7-10/h4-6,10H,2-3,7H2,1H3,(H,14,16)(H,15,17). The van der Waals surface area contributed by atoms with Gasteiger partial charge in [-0.25, -0.2) is 0 Å². The maximum absolute atomic E-state index is 11.9. The van der Waals surface area contributed by atoms with E-state index in [1.54, 1.807) is 18.5 Å². The van der Waals surface area contributed by atoms with Gasteiger partial charge < -0.3 is 10.6 Å². The first-order chi connectivity index (χ1) is 8.15. The summed E-state index contributed by atoms with van der Waals surface area (Å²) in [6.07, 6.45) is 4.41. The van der Waals surface area contributed by atoms with Gasteiger partial charge >= 0.3 is 0 Å². The fourth-order valence-electron chi connectivity index (χ4n) is 1.80. The monoisotopic (exact) mass is 233 g/mol. The second-order valence-corrected chi connectivity index (χ2v) is 4.26. The predicted octanol–water partition coefficient (Wildman–Crippen LogP) is 0.398. The van der Waals surface area contributed by atoms with E-state index in [-0.39, 0.29) is 17.9 Å². The smallest absolute Gasteiger partial charge is 0.253 e. The second-order valence-electron chi connectivity index (χ2n) is 4.26. The highest BCUT2D eigenvalue weighted by Gasteiger charge is 2.20. The molecule has 1 aliphatic heterocycles. The zero-order chi connectivity index (χ0) is 12.3. The first-order valence-electron chi connectivity index (χ1n) is 5.64. The van der Waals surface area contributed by atoms with Gasteiger partial charge in [-0.05, 0) is 25.0 Å². The van der Waals surface area contributed by atoms with Crippen LogP contribution in [0.2, 0.25) is 0 Å². The van der Waals surface area contributed by atoms with Gasteiger partial charge in [0, 0.05) is 31.4 Å². The van der Waals surface area contributed by atoms with Gasteiger partial charge in [0.1, 0.15) is 0 Å². The van der Waals surface area contributed by atoms with E-state index in [1.807, 2.05) is 6.92 Å². The van der Waals surface area contributed by atoms with Crippen LogP contribution in [0.5, 0.6) is 0 Å². The van der Waals surface area contributed by atoms with E-state index in [9.17, 15) is 9.59 Å². The Morgan fingerprint density at radius 1 is 1.53 bits per heavy atom. The van der Waals surface area contributed by atoms with Gasteiger partial charge in [-0.15, -0.1) is 0 Å². The largest absolute Gasteiger partial charge is 0.354 e. The van der Waals surface area contributed by atoms with Gasteiger partial charge in [0.25, 0.3) is 5.91 Å². The number of nitrogens with one attached hydrogen (secondary N) is 2. The molecule has 1 unspecified atom stereocenters. The normalized spacial score (nSPS) is 19.6. The number of hydrogen-bond acceptors (Lipinski definition) is 3. The number of rotatable bonds is 2. The first-order valence-corrected chi connectivity index (χ1v) is 5.64. The number of aryl methyl sites for hydroxylation is 1. The van der Waals surface area contributed by atoms with Crippen molar-refractivity contribution in [1.29, 1.82) is 0 Å². The van der Waals surface area contributed by atoms with Gasteiger partial charge in [0.2, 0.25) is 5.91 Å². The zero-order valence-electron chi connectivity index (χ0n) is 9.69. The minimum atomic E-state index is -0.137. The number of aromatic nitrogens is 1. The first kappa shape index (κ1) is 11.6. The van der Waals surface area contributed by atoms with Crippen molar-refractivity contribution in [1.82, 2.24) is 15.6 Å². The second kappa shape index (κ2) is 4.95. The Kier molecular flexibility index (Phi) is 3.37. The lowest BCUT2D eigenvalue weighted by atomic mass is 10.1. The van der Waals surface area contributed by atoms with Crippen molar-refractivity contribution in [3.05, 3.63) is 29.6 Å². The Morgan fingerprint density at radius 3 is 3.00 bits per heavy atom. The summed E-state index contributed by atoms with van der Waals surface area (Å²) in [6, 6.07) is 1.81. The van der Waals surface area contributed by atoms with E-state index in [4.69, 9.17) is 0 Å². The fraction of sp³-hybridized carbons (Fsp3) is 0.417. The molecule has 0 spiro atoms. The van der Waals surface area contributed by atoms with Crippen LogP contribution in [0.25, 0.3) is 0 Å². The van der Waals surface area contributed by atoms with Gasteiger partial charge in [0.15, 0.2) is 0 Å². The van der Waals surface area contributed by atoms with Gasteiger partial charge in [-0.2, -0.15) is 0 Å². The Balaban J connectivity index is 1.95. The third-order valence-corrected chi connectivity index (χ3v) is 2.74. The molecular weight excluding hydrogens is 218 g/mol. The summed E-state index contributed by atoms with van der Waals surface area (Å²) < 4.78 is 0. The summed E-state index contributed by atoms with van der Waals surface area (Å²) in [7, 11) is 0. The molecule has 0 aliphatic carbocycles. The van der Waals surface area contributed by atoms with Crippen LogP contribution >= 0.6 is 0 Å². The SMILES string of the molecule is Cc1cncc(C(=O)NC2CCC(=O)NC2)c1. The molecule has 5 nitrogen and oxygen atoms in total.